The molecule has 1 aromatic rings. The molecule has 0 radical (unpaired) electrons. The van der Waals surface area contributed by atoms with Gasteiger partial charge in [-0.2, -0.15) is 5.26 Å². The standard InChI is InChI=1S/C10H12ClN3O2S/c1-2-8(6-12)17(15,16)14-10-4-3-7(13)5-9(10)11/h3-5,8,14H,2,13H2,1H3. The van der Waals surface area contributed by atoms with E-state index in [-0.39, 0.29) is 17.1 Å². The van der Waals surface area contributed by atoms with Crippen molar-refractivity contribution in [1.82, 2.24) is 0 Å². The molecule has 0 bridgehead atoms. The third-order valence-corrected chi connectivity index (χ3v) is 4.14. The van der Waals surface area contributed by atoms with Crippen LogP contribution in [-0.2, 0) is 10.0 Å². The van der Waals surface area contributed by atoms with E-state index in [1.807, 2.05) is 0 Å². The highest BCUT2D eigenvalue weighted by molar-refractivity contribution is 7.93. The van der Waals surface area contributed by atoms with Crippen molar-refractivity contribution >= 4 is 33.0 Å². The molecule has 0 aliphatic carbocycles. The number of sulfonamides is 1. The molecular formula is C10H12ClN3O2S. The molecule has 1 unspecified atom stereocenters. The third-order valence-electron chi connectivity index (χ3n) is 2.13. The van der Waals surface area contributed by atoms with Crippen molar-refractivity contribution < 1.29 is 8.42 Å². The molecule has 0 saturated heterocycles. The minimum atomic E-state index is -3.75. The second-order valence-electron chi connectivity index (χ2n) is 3.41. The summed E-state index contributed by atoms with van der Waals surface area (Å²) in [4.78, 5) is 0. The quantitative estimate of drug-likeness (QED) is 0.820. The Hall–Kier alpha value is -1.45. The lowest BCUT2D eigenvalue weighted by atomic mass is 10.3. The number of benzene rings is 1. The predicted octanol–water partition coefficient (Wildman–Crippen LogP) is 1.97. The van der Waals surface area contributed by atoms with Gasteiger partial charge in [-0.25, -0.2) is 8.42 Å². The number of anilines is 2. The van der Waals surface area contributed by atoms with Gasteiger partial charge in [0.25, 0.3) is 0 Å². The van der Waals surface area contributed by atoms with E-state index in [4.69, 9.17) is 22.6 Å². The lowest BCUT2D eigenvalue weighted by molar-refractivity contribution is 0.593. The van der Waals surface area contributed by atoms with Crippen molar-refractivity contribution in [3.63, 3.8) is 0 Å². The van der Waals surface area contributed by atoms with Gasteiger partial charge in [0.05, 0.1) is 16.8 Å². The van der Waals surface area contributed by atoms with Crippen LogP contribution in [0.3, 0.4) is 0 Å². The van der Waals surface area contributed by atoms with Gasteiger partial charge in [-0.15, -0.1) is 0 Å². The molecule has 1 atom stereocenters. The lowest BCUT2D eigenvalue weighted by Crippen LogP contribution is -2.26. The first kappa shape index (κ1) is 13.6. The van der Waals surface area contributed by atoms with Gasteiger partial charge in [-0.1, -0.05) is 18.5 Å². The number of rotatable bonds is 4. The Morgan fingerprint density at radius 3 is 2.71 bits per heavy atom. The van der Waals surface area contributed by atoms with E-state index in [2.05, 4.69) is 4.72 Å². The monoisotopic (exact) mass is 273 g/mol. The average molecular weight is 274 g/mol. The SMILES string of the molecule is CCC(C#N)S(=O)(=O)Nc1ccc(N)cc1Cl. The number of nitrogens with two attached hydrogens (primary N) is 1. The fourth-order valence-corrected chi connectivity index (χ4v) is 2.72. The molecule has 0 fully saturated rings. The summed E-state index contributed by atoms with van der Waals surface area (Å²) in [5.74, 6) is 0. The molecule has 0 aromatic heterocycles. The largest absolute Gasteiger partial charge is 0.399 e. The fourth-order valence-electron chi connectivity index (χ4n) is 1.22. The Morgan fingerprint density at radius 1 is 1.59 bits per heavy atom. The number of nitrogens with one attached hydrogen (secondary N) is 1. The van der Waals surface area contributed by atoms with Crippen LogP contribution in [0.5, 0.6) is 0 Å². The summed E-state index contributed by atoms with van der Waals surface area (Å²) in [6.45, 7) is 1.62. The van der Waals surface area contributed by atoms with Crippen LogP contribution in [0.4, 0.5) is 11.4 Å². The molecular weight excluding hydrogens is 262 g/mol. The number of hydrogen-bond donors (Lipinski definition) is 2. The summed E-state index contributed by atoms with van der Waals surface area (Å²) < 4.78 is 25.8. The van der Waals surface area contributed by atoms with E-state index in [0.717, 1.165) is 0 Å². The van der Waals surface area contributed by atoms with Crippen LogP contribution in [0.15, 0.2) is 18.2 Å². The van der Waals surface area contributed by atoms with Crippen LogP contribution in [0, 0.1) is 11.3 Å². The zero-order chi connectivity index (χ0) is 13.1. The van der Waals surface area contributed by atoms with E-state index in [1.54, 1.807) is 13.0 Å². The maximum Gasteiger partial charge on any atom is 0.249 e. The first-order valence-corrected chi connectivity index (χ1v) is 6.79. The molecule has 0 spiro atoms. The molecule has 0 aliphatic rings. The Morgan fingerprint density at radius 2 is 2.24 bits per heavy atom. The van der Waals surface area contributed by atoms with Crippen LogP contribution >= 0.6 is 11.6 Å². The fraction of sp³-hybridized carbons (Fsp3) is 0.300. The topological polar surface area (TPSA) is 96.0 Å². The van der Waals surface area contributed by atoms with Crippen molar-refractivity contribution in [2.24, 2.45) is 0 Å². The normalized spacial score (nSPS) is 12.8. The Kier molecular flexibility index (Phi) is 4.21. The smallest absolute Gasteiger partial charge is 0.249 e. The maximum atomic E-state index is 11.8. The average Bonchev–Trinajstić information content (AvgIpc) is 2.23. The number of nitrogen functional groups attached to an aromatic ring is 1. The molecule has 0 amide bonds. The number of hydrogen-bond acceptors (Lipinski definition) is 4. The summed E-state index contributed by atoms with van der Waals surface area (Å²) in [6.07, 6.45) is 0.207. The molecule has 5 nitrogen and oxygen atoms in total. The van der Waals surface area contributed by atoms with Crippen molar-refractivity contribution in [2.75, 3.05) is 10.5 Å². The van der Waals surface area contributed by atoms with E-state index >= 15 is 0 Å². The highest BCUT2D eigenvalue weighted by atomic mass is 35.5. The van der Waals surface area contributed by atoms with Gasteiger partial charge in [0.15, 0.2) is 5.25 Å². The van der Waals surface area contributed by atoms with Gasteiger partial charge in [-0.05, 0) is 24.6 Å². The number of nitriles is 1. The van der Waals surface area contributed by atoms with Crippen molar-refractivity contribution in [3.05, 3.63) is 23.2 Å². The van der Waals surface area contributed by atoms with Crippen LogP contribution in [-0.4, -0.2) is 13.7 Å². The third kappa shape index (κ3) is 3.25. The predicted molar refractivity (Wildman–Crippen MR) is 68.1 cm³/mol. The Balaban J connectivity index is 3.03. The van der Waals surface area contributed by atoms with Gasteiger partial charge in [0.2, 0.25) is 10.0 Å². The van der Waals surface area contributed by atoms with E-state index in [1.165, 1.54) is 18.2 Å². The van der Waals surface area contributed by atoms with Crippen LogP contribution in [0.25, 0.3) is 0 Å². The lowest BCUT2D eigenvalue weighted by Gasteiger charge is -2.12. The van der Waals surface area contributed by atoms with Gasteiger partial charge in [-0.3, -0.25) is 4.72 Å². The summed E-state index contributed by atoms with van der Waals surface area (Å²) in [5.41, 5.74) is 6.14. The van der Waals surface area contributed by atoms with Gasteiger partial charge in [0.1, 0.15) is 0 Å². The van der Waals surface area contributed by atoms with Crippen molar-refractivity contribution in [2.45, 2.75) is 18.6 Å². The van der Waals surface area contributed by atoms with Crippen LogP contribution in [0.2, 0.25) is 5.02 Å². The molecule has 1 aromatic carbocycles. The minimum absolute atomic E-state index is 0.196. The van der Waals surface area contributed by atoms with Crippen molar-refractivity contribution in [3.8, 4) is 6.07 Å². The summed E-state index contributed by atoms with van der Waals surface area (Å²) in [5, 5.41) is 7.83. The maximum absolute atomic E-state index is 11.8. The molecule has 0 saturated carbocycles. The molecule has 3 N–H and O–H groups in total. The minimum Gasteiger partial charge on any atom is -0.399 e. The van der Waals surface area contributed by atoms with E-state index < -0.39 is 15.3 Å². The highest BCUT2D eigenvalue weighted by Gasteiger charge is 2.23. The molecule has 0 aliphatic heterocycles. The number of halogens is 1. The van der Waals surface area contributed by atoms with Gasteiger partial charge < -0.3 is 5.73 Å². The van der Waals surface area contributed by atoms with E-state index in [9.17, 15) is 8.42 Å². The summed E-state index contributed by atoms with van der Waals surface area (Å²) >= 11 is 5.84. The second-order valence-corrected chi connectivity index (χ2v) is 5.68. The Bertz CT molecular complexity index is 551. The number of nitrogens with zero attached hydrogens (tertiary/aromatic N) is 1. The van der Waals surface area contributed by atoms with Gasteiger partial charge in [0, 0.05) is 5.69 Å². The molecule has 7 heteroatoms. The van der Waals surface area contributed by atoms with E-state index in [0.29, 0.717) is 5.69 Å². The van der Waals surface area contributed by atoms with Crippen molar-refractivity contribution in [1.29, 1.82) is 5.26 Å². The van der Waals surface area contributed by atoms with Crippen LogP contribution < -0.4 is 10.5 Å². The van der Waals surface area contributed by atoms with Crippen LogP contribution in [0.1, 0.15) is 13.3 Å². The van der Waals surface area contributed by atoms with Gasteiger partial charge >= 0.3 is 0 Å². The molecule has 1 rings (SSSR count). The summed E-state index contributed by atoms with van der Waals surface area (Å²) in [7, 11) is -3.75. The molecule has 17 heavy (non-hydrogen) atoms. The zero-order valence-electron chi connectivity index (χ0n) is 9.14. The molecule has 92 valence electrons. The highest BCUT2D eigenvalue weighted by Crippen LogP contribution is 2.25. The summed E-state index contributed by atoms with van der Waals surface area (Å²) in [6, 6.07) is 6.14. The molecule has 0 heterocycles. The first-order valence-electron chi connectivity index (χ1n) is 4.87. The Labute approximate surface area is 105 Å². The first-order chi connectivity index (χ1) is 7.90. The second kappa shape index (κ2) is 5.25. The zero-order valence-corrected chi connectivity index (χ0v) is 10.7.